The second kappa shape index (κ2) is 4.23. The van der Waals surface area contributed by atoms with Gasteiger partial charge in [-0.05, 0) is 5.41 Å². The van der Waals surface area contributed by atoms with Gasteiger partial charge in [-0.1, -0.05) is 20.8 Å². The van der Waals surface area contributed by atoms with Crippen molar-refractivity contribution in [2.45, 2.75) is 20.8 Å². The summed E-state index contributed by atoms with van der Waals surface area (Å²) in [5.41, 5.74) is 5.30. The lowest BCUT2D eigenvalue weighted by Crippen LogP contribution is -2.30. The zero-order chi connectivity index (χ0) is 12.5. The van der Waals surface area contributed by atoms with E-state index in [0.717, 1.165) is 6.07 Å². The van der Waals surface area contributed by atoms with Gasteiger partial charge in [0.2, 0.25) is 0 Å². The van der Waals surface area contributed by atoms with E-state index in [9.17, 15) is 8.78 Å². The quantitative estimate of drug-likeness (QED) is 0.846. The summed E-state index contributed by atoms with van der Waals surface area (Å²) >= 11 is 0. The maximum atomic E-state index is 13.5. The Morgan fingerprint density at radius 2 is 1.88 bits per heavy atom. The third-order valence-corrected chi connectivity index (χ3v) is 2.01. The van der Waals surface area contributed by atoms with E-state index < -0.39 is 11.6 Å². The van der Waals surface area contributed by atoms with Crippen LogP contribution in [0.5, 0.6) is 0 Å². The molecule has 0 aliphatic carbocycles. The standard InChI is InChI=1S/C11H17F2N3/c1-11(2,3)6-16(4)10-8(13)5-7(12)9(14)15-10/h5H,6H2,1-4H3,(H2,14,15). The van der Waals surface area contributed by atoms with Crippen LogP contribution in [-0.4, -0.2) is 18.6 Å². The van der Waals surface area contributed by atoms with Gasteiger partial charge in [0.1, 0.15) is 0 Å². The fraction of sp³-hybridized carbons (Fsp3) is 0.545. The molecule has 1 rings (SSSR count). The minimum atomic E-state index is -0.828. The van der Waals surface area contributed by atoms with E-state index in [1.807, 2.05) is 20.8 Å². The van der Waals surface area contributed by atoms with E-state index in [1.54, 1.807) is 11.9 Å². The summed E-state index contributed by atoms with van der Waals surface area (Å²) in [5.74, 6) is -1.73. The van der Waals surface area contributed by atoms with Crippen molar-refractivity contribution in [3.05, 3.63) is 17.7 Å². The maximum Gasteiger partial charge on any atom is 0.168 e. The summed E-state index contributed by atoms with van der Waals surface area (Å²) in [5, 5.41) is 0. The zero-order valence-electron chi connectivity index (χ0n) is 10.0. The molecule has 3 nitrogen and oxygen atoms in total. The van der Waals surface area contributed by atoms with Gasteiger partial charge in [-0.15, -0.1) is 0 Å². The highest BCUT2D eigenvalue weighted by atomic mass is 19.1. The lowest BCUT2D eigenvalue weighted by Gasteiger charge is -2.27. The van der Waals surface area contributed by atoms with Crippen LogP contribution in [0.1, 0.15) is 20.8 Å². The minimum absolute atomic E-state index is 0.00792. The Kier molecular flexibility index (Phi) is 3.35. The van der Waals surface area contributed by atoms with Crippen LogP contribution in [0.2, 0.25) is 0 Å². The van der Waals surface area contributed by atoms with Crippen molar-refractivity contribution < 1.29 is 8.78 Å². The molecule has 0 saturated heterocycles. The Bertz CT molecular complexity index is 386. The van der Waals surface area contributed by atoms with Crippen LogP contribution in [0.25, 0.3) is 0 Å². The molecule has 0 saturated carbocycles. The molecule has 0 amide bonds. The number of nitrogens with zero attached hydrogens (tertiary/aromatic N) is 2. The van der Waals surface area contributed by atoms with E-state index in [4.69, 9.17) is 5.73 Å². The van der Waals surface area contributed by atoms with E-state index in [2.05, 4.69) is 4.98 Å². The molecule has 1 heterocycles. The van der Waals surface area contributed by atoms with E-state index in [0.29, 0.717) is 6.54 Å². The zero-order valence-corrected chi connectivity index (χ0v) is 10.0. The highest BCUT2D eigenvalue weighted by Gasteiger charge is 2.18. The minimum Gasteiger partial charge on any atom is -0.381 e. The lowest BCUT2D eigenvalue weighted by atomic mass is 9.96. The number of aromatic nitrogens is 1. The molecule has 16 heavy (non-hydrogen) atoms. The van der Waals surface area contributed by atoms with Gasteiger partial charge in [0.15, 0.2) is 23.3 Å². The highest BCUT2D eigenvalue weighted by molar-refractivity contribution is 5.46. The second-order valence-corrected chi connectivity index (χ2v) is 5.08. The van der Waals surface area contributed by atoms with Crippen LogP contribution < -0.4 is 10.6 Å². The molecule has 1 aromatic rings. The SMILES string of the molecule is CN(CC(C)(C)C)c1nc(N)c(F)cc1F. The molecular weight excluding hydrogens is 212 g/mol. The first-order valence-corrected chi connectivity index (χ1v) is 5.03. The Morgan fingerprint density at radius 3 is 2.38 bits per heavy atom. The second-order valence-electron chi connectivity index (χ2n) is 5.08. The summed E-state index contributed by atoms with van der Waals surface area (Å²) < 4.78 is 26.4. The summed E-state index contributed by atoms with van der Waals surface area (Å²) in [6, 6.07) is 0.761. The smallest absolute Gasteiger partial charge is 0.168 e. The van der Waals surface area contributed by atoms with Crippen molar-refractivity contribution >= 4 is 11.6 Å². The fourth-order valence-corrected chi connectivity index (χ4v) is 1.52. The first-order valence-electron chi connectivity index (χ1n) is 5.03. The van der Waals surface area contributed by atoms with Gasteiger partial charge in [0.05, 0.1) is 0 Å². The number of hydrogen-bond acceptors (Lipinski definition) is 3. The predicted molar refractivity (Wildman–Crippen MR) is 61.3 cm³/mol. The Hall–Kier alpha value is -1.39. The lowest BCUT2D eigenvalue weighted by molar-refractivity contribution is 0.415. The average molecular weight is 229 g/mol. The van der Waals surface area contributed by atoms with Crippen molar-refractivity contribution in [1.29, 1.82) is 0 Å². The van der Waals surface area contributed by atoms with E-state index in [-0.39, 0.29) is 17.1 Å². The molecule has 0 atom stereocenters. The van der Waals surface area contributed by atoms with Gasteiger partial charge < -0.3 is 10.6 Å². The number of pyridine rings is 1. The topological polar surface area (TPSA) is 42.2 Å². The molecule has 0 radical (unpaired) electrons. The average Bonchev–Trinajstić information content (AvgIpc) is 2.08. The largest absolute Gasteiger partial charge is 0.381 e. The molecular formula is C11H17F2N3. The monoisotopic (exact) mass is 229 g/mol. The molecule has 90 valence electrons. The Balaban J connectivity index is 3.00. The normalized spacial score (nSPS) is 11.6. The van der Waals surface area contributed by atoms with Crippen molar-refractivity contribution in [3.8, 4) is 0 Å². The molecule has 0 fully saturated rings. The van der Waals surface area contributed by atoms with Gasteiger partial charge in [-0.25, -0.2) is 13.8 Å². The maximum absolute atomic E-state index is 13.5. The number of nitrogen functional groups attached to an aromatic ring is 1. The van der Waals surface area contributed by atoms with Crippen LogP contribution in [0, 0.1) is 17.0 Å². The van der Waals surface area contributed by atoms with Crippen LogP contribution in [0.15, 0.2) is 6.07 Å². The first kappa shape index (κ1) is 12.7. The van der Waals surface area contributed by atoms with Crippen LogP contribution in [-0.2, 0) is 0 Å². The molecule has 1 aromatic heterocycles. The van der Waals surface area contributed by atoms with Crippen molar-refractivity contribution in [3.63, 3.8) is 0 Å². The van der Waals surface area contributed by atoms with Crippen molar-refractivity contribution in [2.24, 2.45) is 5.41 Å². The van der Waals surface area contributed by atoms with E-state index >= 15 is 0 Å². The van der Waals surface area contributed by atoms with Gasteiger partial charge in [0, 0.05) is 19.7 Å². The molecule has 0 aromatic carbocycles. The van der Waals surface area contributed by atoms with Crippen LogP contribution >= 0.6 is 0 Å². The number of halogens is 2. The summed E-state index contributed by atoms with van der Waals surface area (Å²) in [6.45, 7) is 6.67. The summed E-state index contributed by atoms with van der Waals surface area (Å²) in [6.07, 6.45) is 0. The fourth-order valence-electron chi connectivity index (χ4n) is 1.52. The molecule has 2 N–H and O–H groups in total. The third kappa shape index (κ3) is 3.05. The van der Waals surface area contributed by atoms with Gasteiger partial charge in [0.25, 0.3) is 0 Å². The van der Waals surface area contributed by atoms with Crippen LogP contribution in [0.4, 0.5) is 20.4 Å². The summed E-state index contributed by atoms with van der Waals surface area (Å²) in [4.78, 5) is 5.34. The van der Waals surface area contributed by atoms with Gasteiger partial charge >= 0.3 is 0 Å². The first-order chi connectivity index (χ1) is 7.20. The Morgan fingerprint density at radius 1 is 1.31 bits per heavy atom. The number of anilines is 2. The predicted octanol–water partition coefficient (Wildman–Crippen LogP) is 2.42. The van der Waals surface area contributed by atoms with Gasteiger partial charge in [-0.3, -0.25) is 0 Å². The Labute approximate surface area is 94.3 Å². The summed E-state index contributed by atoms with van der Waals surface area (Å²) in [7, 11) is 1.70. The number of rotatable bonds is 2. The molecule has 0 bridgehead atoms. The van der Waals surface area contributed by atoms with Crippen molar-refractivity contribution in [2.75, 3.05) is 24.2 Å². The van der Waals surface area contributed by atoms with Crippen molar-refractivity contribution in [1.82, 2.24) is 4.98 Å². The number of hydrogen-bond donors (Lipinski definition) is 1. The molecule has 0 spiro atoms. The van der Waals surface area contributed by atoms with Crippen LogP contribution in [0.3, 0.4) is 0 Å². The molecule has 5 heteroatoms. The molecule has 0 unspecified atom stereocenters. The highest BCUT2D eigenvalue weighted by Crippen LogP contribution is 2.23. The van der Waals surface area contributed by atoms with Gasteiger partial charge in [-0.2, -0.15) is 0 Å². The third-order valence-electron chi connectivity index (χ3n) is 2.01. The molecule has 0 aliphatic heterocycles. The number of nitrogens with two attached hydrogens (primary N) is 1. The van der Waals surface area contributed by atoms with E-state index in [1.165, 1.54) is 0 Å². The molecule has 0 aliphatic rings.